The lowest BCUT2D eigenvalue weighted by molar-refractivity contribution is 0.600. The number of sulfonamides is 1. The van der Waals surface area contributed by atoms with E-state index in [1.807, 2.05) is 77.1 Å². The maximum atomic E-state index is 13.0. The van der Waals surface area contributed by atoms with E-state index in [9.17, 15) is 8.42 Å². The quantitative estimate of drug-likeness (QED) is 0.283. The highest BCUT2D eigenvalue weighted by Crippen LogP contribution is 2.26. The van der Waals surface area contributed by atoms with E-state index in [-0.39, 0.29) is 0 Å². The van der Waals surface area contributed by atoms with Crippen molar-refractivity contribution < 1.29 is 8.42 Å². The molecule has 0 aliphatic rings. The summed E-state index contributed by atoms with van der Waals surface area (Å²) < 4.78 is 28.7. The van der Waals surface area contributed by atoms with E-state index in [0.717, 1.165) is 33.8 Å². The second-order valence-corrected chi connectivity index (χ2v) is 10.4. The molecule has 0 amide bonds. The first-order chi connectivity index (χ1) is 16.6. The zero-order valence-electron chi connectivity index (χ0n) is 20.5. The summed E-state index contributed by atoms with van der Waals surface area (Å²) in [6.07, 6.45) is 0. The second-order valence-electron chi connectivity index (χ2n) is 8.74. The highest BCUT2D eigenvalue weighted by molar-refractivity contribution is 7.92. The van der Waals surface area contributed by atoms with Crippen LogP contribution in [0.25, 0.3) is 0 Å². The number of hydrogen-bond acceptors (Lipinski definition) is 6. The molecule has 0 radical (unpaired) electrons. The van der Waals surface area contributed by atoms with Gasteiger partial charge in [-0.1, -0.05) is 35.4 Å². The first-order valence-corrected chi connectivity index (χ1v) is 12.7. The van der Waals surface area contributed by atoms with E-state index < -0.39 is 10.0 Å². The fourth-order valence-electron chi connectivity index (χ4n) is 4.02. The molecule has 1 aromatic heterocycles. The van der Waals surface area contributed by atoms with Crippen LogP contribution in [0.4, 0.5) is 28.8 Å². The van der Waals surface area contributed by atoms with Gasteiger partial charge in [-0.15, -0.1) is 0 Å². The molecular formula is C27H29N5O2S. The molecule has 0 bridgehead atoms. The predicted molar refractivity (Wildman–Crippen MR) is 142 cm³/mol. The van der Waals surface area contributed by atoms with Crippen LogP contribution >= 0.6 is 0 Å². The minimum atomic E-state index is -3.71. The Hall–Kier alpha value is -3.91. The summed E-state index contributed by atoms with van der Waals surface area (Å²) in [5, 5.41) is 6.48. The van der Waals surface area contributed by atoms with E-state index in [1.54, 1.807) is 24.3 Å². The van der Waals surface area contributed by atoms with Gasteiger partial charge < -0.3 is 10.6 Å². The average Bonchev–Trinajstić information content (AvgIpc) is 2.75. The Morgan fingerprint density at radius 3 is 1.80 bits per heavy atom. The molecule has 4 aromatic rings. The average molecular weight is 488 g/mol. The number of nitrogens with zero attached hydrogens (tertiary/aromatic N) is 2. The molecule has 0 aliphatic carbocycles. The molecule has 180 valence electrons. The summed E-state index contributed by atoms with van der Waals surface area (Å²) in [5.41, 5.74) is 6.63. The third-order valence-electron chi connectivity index (χ3n) is 5.44. The van der Waals surface area contributed by atoms with E-state index in [2.05, 4.69) is 25.3 Å². The van der Waals surface area contributed by atoms with Crippen molar-refractivity contribution in [3.05, 3.63) is 94.7 Å². The summed E-state index contributed by atoms with van der Waals surface area (Å²) in [6.45, 7) is 9.52. The molecule has 0 saturated carbocycles. The highest BCUT2D eigenvalue weighted by Gasteiger charge is 2.20. The van der Waals surface area contributed by atoms with Gasteiger partial charge in [0.2, 0.25) is 5.95 Å². The number of rotatable bonds is 7. The van der Waals surface area contributed by atoms with Gasteiger partial charge in [-0.25, -0.2) is 13.4 Å². The van der Waals surface area contributed by atoms with Crippen molar-refractivity contribution in [1.82, 2.24) is 9.97 Å². The topological polar surface area (TPSA) is 96.0 Å². The first kappa shape index (κ1) is 24.2. The normalized spacial score (nSPS) is 11.2. The minimum Gasteiger partial charge on any atom is -0.340 e. The van der Waals surface area contributed by atoms with Crippen molar-refractivity contribution in [1.29, 1.82) is 0 Å². The smallest absolute Gasteiger partial charge is 0.262 e. The molecule has 0 fully saturated rings. The van der Waals surface area contributed by atoms with Crippen LogP contribution in [0.3, 0.4) is 0 Å². The Kier molecular flexibility index (Phi) is 6.75. The van der Waals surface area contributed by atoms with Gasteiger partial charge in [0.25, 0.3) is 10.0 Å². The van der Waals surface area contributed by atoms with Gasteiger partial charge in [0.05, 0.1) is 4.90 Å². The molecule has 7 nitrogen and oxygen atoms in total. The van der Waals surface area contributed by atoms with Gasteiger partial charge in [0, 0.05) is 28.8 Å². The van der Waals surface area contributed by atoms with Crippen LogP contribution in [0.15, 0.2) is 71.6 Å². The third kappa shape index (κ3) is 5.96. The van der Waals surface area contributed by atoms with Crippen LogP contribution < -0.4 is 15.4 Å². The van der Waals surface area contributed by atoms with Crippen LogP contribution in [-0.2, 0) is 10.0 Å². The second kappa shape index (κ2) is 9.76. The minimum absolute atomic E-state index is 0.312. The summed E-state index contributed by atoms with van der Waals surface area (Å²) in [7, 11) is -3.71. The number of aromatic nitrogens is 2. The number of nitrogens with one attached hydrogen (secondary N) is 3. The first-order valence-electron chi connectivity index (χ1n) is 11.3. The Morgan fingerprint density at radius 1 is 0.629 bits per heavy atom. The van der Waals surface area contributed by atoms with Gasteiger partial charge in [-0.3, -0.25) is 4.72 Å². The van der Waals surface area contributed by atoms with E-state index in [1.165, 1.54) is 5.56 Å². The monoisotopic (exact) mass is 487 g/mol. The maximum absolute atomic E-state index is 13.0. The fourth-order valence-corrected chi connectivity index (χ4v) is 5.53. The number of aryl methyl sites for hydroxylation is 5. The maximum Gasteiger partial charge on any atom is 0.262 e. The SMILES string of the molecule is Cc1ccc(Nc2cc(C)nc(Nc3ccc(NS(=O)(=O)c4c(C)cc(C)cc4C)cc3)n2)cc1. The Bertz CT molecular complexity index is 1440. The Balaban J connectivity index is 1.49. The number of anilines is 5. The lowest BCUT2D eigenvalue weighted by Crippen LogP contribution is -2.16. The number of hydrogen-bond donors (Lipinski definition) is 3. The van der Waals surface area contributed by atoms with Crippen molar-refractivity contribution in [3.8, 4) is 0 Å². The van der Waals surface area contributed by atoms with Gasteiger partial charge in [-0.05, 0) is 82.1 Å². The molecule has 0 saturated heterocycles. The molecule has 8 heteroatoms. The standard InChI is InChI=1S/C27H29N5O2S/c1-17-6-8-22(9-7-17)29-25-16-21(5)28-27(31-25)30-23-10-12-24(13-11-23)32-35(33,34)26-19(3)14-18(2)15-20(26)4/h6-16,32H,1-5H3,(H2,28,29,30,31). The Labute approximate surface area is 206 Å². The molecule has 0 atom stereocenters. The summed E-state index contributed by atoms with van der Waals surface area (Å²) >= 11 is 0. The molecular weight excluding hydrogens is 458 g/mol. The van der Waals surface area contributed by atoms with Crippen molar-refractivity contribution in [2.24, 2.45) is 0 Å². The van der Waals surface area contributed by atoms with E-state index in [4.69, 9.17) is 0 Å². The third-order valence-corrected chi connectivity index (χ3v) is 7.13. The summed E-state index contributed by atoms with van der Waals surface area (Å²) in [4.78, 5) is 9.32. The molecule has 3 aromatic carbocycles. The van der Waals surface area contributed by atoms with Crippen molar-refractivity contribution in [3.63, 3.8) is 0 Å². The van der Waals surface area contributed by atoms with Gasteiger partial charge >= 0.3 is 0 Å². The predicted octanol–water partition coefficient (Wildman–Crippen LogP) is 6.31. The van der Waals surface area contributed by atoms with Crippen molar-refractivity contribution in [2.75, 3.05) is 15.4 Å². The van der Waals surface area contributed by atoms with Crippen molar-refractivity contribution in [2.45, 2.75) is 39.5 Å². The van der Waals surface area contributed by atoms with Crippen LogP contribution in [0.1, 0.15) is 27.9 Å². The van der Waals surface area contributed by atoms with Crippen molar-refractivity contribution >= 4 is 38.9 Å². The molecule has 0 spiro atoms. The molecule has 0 unspecified atom stereocenters. The molecule has 35 heavy (non-hydrogen) atoms. The lowest BCUT2D eigenvalue weighted by Gasteiger charge is -2.14. The van der Waals surface area contributed by atoms with E-state index in [0.29, 0.717) is 22.3 Å². The van der Waals surface area contributed by atoms with Crippen LogP contribution in [0.5, 0.6) is 0 Å². The number of benzene rings is 3. The summed E-state index contributed by atoms with van der Waals surface area (Å²) in [5.74, 6) is 1.12. The fraction of sp³-hybridized carbons (Fsp3) is 0.185. The van der Waals surface area contributed by atoms with Crippen LogP contribution in [0.2, 0.25) is 0 Å². The molecule has 4 rings (SSSR count). The van der Waals surface area contributed by atoms with Gasteiger partial charge in [0.15, 0.2) is 0 Å². The van der Waals surface area contributed by atoms with E-state index >= 15 is 0 Å². The lowest BCUT2D eigenvalue weighted by atomic mass is 10.1. The van der Waals surface area contributed by atoms with Gasteiger partial charge in [-0.2, -0.15) is 4.98 Å². The molecule has 1 heterocycles. The zero-order chi connectivity index (χ0) is 25.2. The Morgan fingerprint density at radius 2 is 1.17 bits per heavy atom. The molecule has 0 aliphatic heterocycles. The summed E-state index contributed by atoms with van der Waals surface area (Å²) in [6, 6.07) is 20.7. The highest BCUT2D eigenvalue weighted by atomic mass is 32.2. The van der Waals surface area contributed by atoms with Crippen LogP contribution in [0, 0.1) is 34.6 Å². The zero-order valence-corrected chi connectivity index (χ0v) is 21.3. The largest absolute Gasteiger partial charge is 0.340 e. The van der Waals surface area contributed by atoms with Gasteiger partial charge in [0.1, 0.15) is 5.82 Å². The van der Waals surface area contributed by atoms with Crippen LogP contribution in [-0.4, -0.2) is 18.4 Å². The molecule has 3 N–H and O–H groups in total.